The average Bonchev–Trinajstić information content (AvgIpc) is 3.07. The Morgan fingerprint density at radius 3 is 2.67 bits per heavy atom. The first kappa shape index (κ1) is 18.7. The Morgan fingerprint density at radius 2 is 2.07 bits per heavy atom. The van der Waals surface area contributed by atoms with E-state index in [9.17, 15) is 9.59 Å². The highest BCUT2D eigenvalue weighted by Gasteiger charge is 2.25. The van der Waals surface area contributed by atoms with E-state index in [1.165, 1.54) is 6.20 Å². The van der Waals surface area contributed by atoms with Crippen molar-refractivity contribution in [2.75, 3.05) is 23.9 Å². The first-order valence-corrected chi connectivity index (χ1v) is 8.90. The van der Waals surface area contributed by atoms with Crippen molar-refractivity contribution >= 4 is 23.2 Å². The molecule has 1 aliphatic rings. The molecule has 7 nitrogen and oxygen atoms in total. The summed E-state index contributed by atoms with van der Waals surface area (Å²) in [7, 11) is 1.56. The zero-order chi connectivity index (χ0) is 19.4. The Labute approximate surface area is 158 Å². The fourth-order valence-electron chi connectivity index (χ4n) is 2.91. The Morgan fingerprint density at radius 1 is 1.26 bits per heavy atom. The largest absolute Gasteiger partial charge is 0.495 e. The molecule has 27 heavy (non-hydrogen) atoms. The van der Waals surface area contributed by atoms with Gasteiger partial charge in [-0.1, -0.05) is 0 Å². The number of pyridine rings is 1. The van der Waals surface area contributed by atoms with Crippen LogP contribution in [0.4, 0.5) is 11.4 Å². The summed E-state index contributed by atoms with van der Waals surface area (Å²) >= 11 is 0. The minimum Gasteiger partial charge on any atom is -0.495 e. The number of nitrogens with one attached hydrogen (secondary N) is 1. The van der Waals surface area contributed by atoms with Crippen LogP contribution < -0.4 is 19.7 Å². The molecule has 2 aromatic rings. The molecule has 0 saturated carbocycles. The molecule has 142 valence electrons. The lowest BCUT2D eigenvalue weighted by Crippen LogP contribution is -2.24. The van der Waals surface area contributed by atoms with Crippen LogP contribution in [0, 0.1) is 0 Å². The maximum Gasteiger partial charge on any atom is 0.257 e. The molecule has 3 rings (SSSR count). The third kappa shape index (κ3) is 4.36. The third-order valence-corrected chi connectivity index (χ3v) is 4.16. The number of amides is 2. The number of methoxy groups -OCH3 is 1. The molecule has 0 spiro atoms. The van der Waals surface area contributed by atoms with Gasteiger partial charge in [0.1, 0.15) is 5.75 Å². The lowest BCUT2D eigenvalue weighted by Gasteiger charge is -2.20. The number of nitrogens with zero attached hydrogens (tertiary/aromatic N) is 2. The Kier molecular flexibility index (Phi) is 5.59. The topological polar surface area (TPSA) is 80.8 Å². The summed E-state index contributed by atoms with van der Waals surface area (Å²) in [5, 5.41) is 2.84. The van der Waals surface area contributed by atoms with Gasteiger partial charge in [-0.3, -0.25) is 9.59 Å². The molecule has 0 aliphatic carbocycles. The number of aromatic nitrogens is 1. The van der Waals surface area contributed by atoms with E-state index in [0.717, 1.165) is 6.42 Å². The van der Waals surface area contributed by atoms with E-state index in [4.69, 9.17) is 9.47 Å². The van der Waals surface area contributed by atoms with Gasteiger partial charge in [0, 0.05) is 30.9 Å². The number of carbonyl (C=O) groups excluding carboxylic acids is 2. The standard InChI is InChI=1S/C20H23N3O4/c1-13(2)27-18-9-6-14(12-21-18)20(25)22-15-7-8-17(26-3)16(11-15)23-10-4-5-19(23)24/h6-9,11-13H,4-5,10H2,1-3H3,(H,22,25). The van der Waals surface area contributed by atoms with E-state index in [1.54, 1.807) is 42.3 Å². The SMILES string of the molecule is COc1ccc(NC(=O)c2ccc(OC(C)C)nc2)cc1N1CCCC1=O. The highest BCUT2D eigenvalue weighted by molar-refractivity contribution is 6.05. The first-order valence-electron chi connectivity index (χ1n) is 8.90. The zero-order valence-corrected chi connectivity index (χ0v) is 15.7. The van der Waals surface area contributed by atoms with Crippen molar-refractivity contribution in [2.24, 2.45) is 0 Å². The second-order valence-corrected chi connectivity index (χ2v) is 6.54. The van der Waals surface area contributed by atoms with Gasteiger partial charge in [0.15, 0.2) is 0 Å². The van der Waals surface area contributed by atoms with Gasteiger partial charge in [-0.05, 0) is 44.5 Å². The molecule has 0 bridgehead atoms. The molecule has 1 saturated heterocycles. The van der Waals surface area contributed by atoms with Crippen molar-refractivity contribution in [1.82, 2.24) is 4.98 Å². The molecule has 2 heterocycles. The van der Waals surface area contributed by atoms with Crippen LogP contribution in [-0.4, -0.2) is 36.6 Å². The maximum absolute atomic E-state index is 12.5. The highest BCUT2D eigenvalue weighted by atomic mass is 16.5. The molecule has 0 radical (unpaired) electrons. The van der Waals surface area contributed by atoms with Crippen molar-refractivity contribution in [1.29, 1.82) is 0 Å². The van der Waals surface area contributed by atoms with Crippen LogP contribution >= 0.6 is 0 Å². The number of carbonyl (C=O) groups is 2. The average molecular weight is 369 g/mol. The molecule has 1 aromatic heterocycles. The summed E-state index contributed by atoms with van der Waals surface area (Å²) in [5.41, 5.74) is 1.66. The van der Waals surface area contributed by atoms with Crippen molar-refractivity contribution in [3.05, 3.63) is 42.1 Å². The summed E-state index contributed by atoms with van der Waals surface area (Å²) in [5.74, 6) is 0.838. The summed E-state index contributed by atoms with van der Waals surface area (Å²) in [4.78, 5) is 30.4. The first-order chi connectivity index (χ1) is 13.0. The molecular formula is C20H23N3O4. The predicted octanol–water partition coefficient (Wildman–Crippen LogP) is 3.26. The van der Waals surface area contributed by atoms with Crippen molar-refractivity contribution in [2.45, 2.75) is 32.8 Å². The van der Waals surface area contributed by atoms with Crippen LogP contribution in [-0.2, 0) is 4.79 Å². The van der Waals surface area contributed by atoms with Crippen LogP contribution in [0.25, 0.3) is 0 Å². The molecule has 1 aliphatic heterocycles. The second kappa shape index (κ2) is 8.07. The highest BCUT2D eigenvalue weighted by Crippen LogP contribution is 2.34. The lowest BCUT2D eigenvalue weighted by molar-refractivity contribution is -0.117. The summed E-state index contributed by atoms with van der Waals surface area (Å²) < 4.78 is 10.8. The molecule has 0 atom stereocenters. The van der Waals surface area contributed by atoms with E-state index < -0.39 is 0 Å². The molecule has 1 fully saturated rings. The third-order valence-electron chi connectivity index (χ3n) is 4.16. The van der Waals surface area contributed by atoms with Crippen LogP contribution in [0.15, 0.2) is 36.5 Å². The monoisotopic (exact) mass is 369 g/mol. The Balaban J connectivity index is 1.76. The minimum atomic E-state index is -0.289. The quantitative estimate of drug-likeness (QED) is 0.845. The second-order valence-electron chi connectivity index (χ2n) is 6.54. The number of ether oxygens (including phenoxy) is 2. The Hall–Kier alpha value is -3.09. The van der Waals surface area contributed by atoms with Gasteiger partial charge in [-0.15, -0.1) is 0 Å². The van der Waals surface area contributed by atoms with Gasteiger partial charge in [0.2, 0.25) is 11.8 Å². The predicted molar refractivity (Wildman–Crippen MR) is 103 cm³/mol. The molecule has 7 heteroatoms. The van der Waals surface area contributed by atoms with Gasteiger partial charge >= 0.3 is 0 Å². The van der Waals surface area contributed by atoms with Crippen LogP contribution in [0.1, 0.15) is 37.0 Å². The van der Waals surface area contributed by atoms with Crippen molar-refractivity contribution in [3.8, 4) is 11.6 Å². The van der Waals surface area contributed by atoms with Crippen LogP contribution in [0.5, 0.6) is 11.6 Å². The maximum atomic E-state index is 12.5. The summed E-state index contributed by atoms with van der Waals surface area (Å²) in [6.45, 7) is 4.47. The molecule has 2 amide bonds. The number of hydrogen-bond donors (Lipinski definition) is 1. The molecule has 0 unspecified atom stereocenters. The number of rotatable bonds is 6. The smallest absolute Gasteiger partial charge is 0.257 e. The van der Waals surface area contributed by atoms with Crippen LogP contribution in [0.2, 0.25) is 0 Å². The normalized spacial score (nSPS) is 13.8. The van der Waals surface area contributed by atoms with Crippen LogP contribution in [0.3, 0.4) is 0 Å². The zero-order valence-electron chi connectivity index (χ0n) is 15.7. The van der Waals surface area contributed by atoms with Crippen molar-refractivity contribution < 1.29 is 19.1 Å². The van der Waals surface area contributed by atoms with E-state index in [1.807, 2.05) is 13.8 Å². The van der Waals surface area contributed by atoms with E-state index >= 15 is 0 Å². The van der Waals surface area contributed by atoms with Crippen molar-refractivity contribution in [3.63, 3.8) is 0 Å². The number of hydrogen-bond acceptors (Lipinski definition) is 5. The number of anilines is 2. The van der Waals surface area contributed by atoms with E-state index in [0.29, 0.717) is 41.5 Å². The van der Waals surface area contributed by atoms with Gasteiger partial charge < -0.3 is 19.7 Å². The fourth-order valence-corrected chi connectivity index (χ4v) is 2.91. The van der Waals surface area contributed by atoms with Gasteiger partial charge in [-0.25, -0.2) is 4.98 Å². The lowest BCUT2D eigenvalue weighted by atomic mass is 10.2. The van der Waals surface area contributed by atoms with Gasteiger partial charge in [-0.2, -0.15) is 0 Å². The van der Waals surface area contributed by atoms with E-state index in [2.05, 4.69) is 10.3 Å². The van der Waals surface area contributed by atoms with Gasteiger partial charge in [0.25, 0.3) is 5.91 Å². The molecular weight excluding hydrogens is 346 g/mol. The number of benzene rings is 1. The summed E-state index contributed by atoms with van der Waals surface area (Å²) in [6.07, 6.45) is 2.83. The summed E-state index contributed by atoms with van der Waals surface area (Å²) in [6, 6.07) is 8.56. The minimum absolute atomic E-state index is 0.0168. The molecule has 1 aromatic carbocycles. The fraction of sp³-hybridized carbons (Fsp3) is 0.350. The van der Waals surface area contributed by atoms with Gasteiger partial charge in [0.05, 0.1) is 24.5 Å². The van der Waals surface area contributed by atoms with E-state index in [-0.39, 0.29) is 17.9 Å². The Bertz CT molecular complexity index is 834. The molecule has 1 N–H and O–H groups in total.